The molecule has 0 saturated heterocycles. The average molecular weight is 501 g/mol. The van der Waals surface area contributed by atoms with Gasteiger partial charge in [-0.25, -0.2) is 4.99 Å². The third-order valence-corrected chi connectivity index (χ3v) is 5.14. The second kappa shape index (κ2) is 12.9. The third-order valence-electron chi connectivity index (χ3n) is 5.14. The Balaban J connectivity index is 0.00000392. The molecule has 7 heteroatoms. The normalized spacial score (nSPS) is 14.8. The number of carbonyl (C=O) groups is 1. The minimum Gasteiger partial charge on any atom is -0.372 e. The number of nitrogens with zero attached hydrogens (tertiary/aromatic N) is 3. The highest BCUT2D eigenvalue weighted by atomic mass is 127. The van der Waals surface area contributed by atoms with E-state index in [-0.39, 0.29) is 36.4 Å². The molecule has 1 amide bonds. The third kappa shape index (κ3) is 7.85. The largest absolute Gasteiger partial charge is 0.372 e. The molecule has 1 saturated carbocycles. The molecule has 2 rings (SSSR count). The van der Waals surface area contributed by atoms with Gasteiger partial charge in [0.05, 0.1) is 13.1 Å². The van der Waals surface area contributed by atoms with Crippen LogP contribution in [0, 0.1) is 0 Å². The molecule has 1 aliphatic rings. The first-order valence-electron chi connectivity index (χ1n) is 10.1. The van der Waals surface area contributed by atoms with Crippen molar-refractivity contribution in [1.82, 2.24) is 15.5 Å². The van der Waals surface area contributed by atoms with Crippen molar-refractivity contribution in [2.24, 2.45) is 4.99 Å². The highest BCUT2D eigenvalue weighted by Crippen LogP contribution is 2.26. The van der Waals surface area contributed by atoms with Crippen LogP contribution in [-0.4, -0.2) is 57.0 Å². The molecule has 158 valence electrons. The Morgan fingerprint density at radius 2 is 1.71 bits per heavy atom. The molecule has 0 unspecified atom stereocenters. The molecule has 1 fully saturated rings. The minimum atomic E-state index is 0. The van der Waals surface area contributed by atoms with E-state index in [0.717, 1.165) is 12.1 Å². The summed E-state index contributed by atoms with van der Waals surface area (Å²) in [4.78, 5) is 20.3. The van der Waals surface area contributed by atoms with E-state index in [2.05, 4.69) is 51.8 Å². The summed E-state index contributed by atoms with van der Waals surface area (Å²) in [6.07, 6.45) is 6.66. The molecular weight excluding hydrogens is 465 g/mol. The molecule has 0 bridgehead atoms. The van der Waals surface area contributed by atoms with E-state index in [1.807, 2.05) is 6.92 Å². The molecule has 2 N–H and O–H groups in total. The van der Waals surface area contributed by atoms with Crippen LogP contribution in [0.5, 0.6) is 0 Å². The van der Waals surface area contributed by atoms with Crippen LogP contribution >= 0.6 is 24.0 Å². The van der Waals surface area contributed by atoms with E-state index in [9.17, 15) is 4.79 Å². The standard InChI is InChI=1S/C21H35N5O.HI/c1-5-22-21(24-16-20(27)25(2)3)23-15-17-11-13-19(14-12-17)26(4)18-9-7-6-8-10-18;/h11-14,18H,5-10,15-16H2,1-4H3,(H2,22,23,24);1H. The molecule has 0 aromatic heterocycles. The summed E-state index contributed by atoms with van der Waals surface area (Å²) in [6, 6.07) is 9.34. The number of hydrogen-bond acceptors (Lipinski definition) is 3. The van der Waals surface area contributed by atoms with Crippen LogP contribution in [0.15, 0.2) is 29.3 Å². The van der Waals surface area contributed by atoms with Gasteiger partial charge in [0.15, 0.2) is 5.96 Å². The van der Waals surface area contributed by atoms with Gasteiger partial charge in [-0.1, -0.05) is 31.4 Å². The fraction of sp³-hybridized carbons (Fsp3) is 0.619. The summed E-state index contributed by atoms with van der Waals surface area (Å²) >= 11 is 0. The first-order valence-corrected chi connectivity index (χ1v) is 10.1. The monoisotopic (exact) mass is 501 g/mol. The van der Waals surface area contributed by atoms with Crippen LogP contribution in [-0.2, 0) is 11.3 Å². The topological polar surface area (TPSA) is 60.0 Å². The van der Waals surface area contributed by atoms with Gasteiger partial charge in [-0.2, -0.15) is 0 Å². The summed E-state index contributed by atoms with van der Waals surface area (Å²) in [5, 5.41) is 6.26. The van der Waals surface area contributed by atoms with Crippen molar-refractivity contribution in [2.75, 3.05) is 39.1 Å². The molecule has 0 heterocycles. The zero-order valence-electron chi connectivity index (χ0n) is 17.7. The Hall–Kier alpha value is -1.51. The fourth-order valence-electron chi connectivity index (χ4n) is 3.35. The SMILES string of the molecule is CCNC(=NCc1ccc(N(C)C2CCCCC2)cc1)NCC(=O)N(C)C.I. The predicted octanol–water partition coefficient (Wildman–Crippen LogP) is 3.22. The van der Waals surface area contributed by atoms with Gasteiger partial charge < -0.3 is 20.4 Å². The van der Waals surface area contributed by atoms with Gasteiger partial charge >= 0.3 is 0 Å². The van der Waals surface area contributed by atoms with Crippen molar-refractivity contribution in [3.8, 4) is 0 Å². The van der Waals surface area contributed by atoms with Gasteiger partial charge in [-0.05, 0) is 37.5 Å². The lowest BCUT2D eigenvalue weighted by molar-refractivity contribution is -0.127. The highest BCUT2D eigenvalue weighted by Gasteiger charge is 2.18. The van der Waals surface area contributed by atoms with E-state index >= 15 is 0 Å². The maximum absolute atomic E-state index is 11.7. The molecular formula is C21H36IN5O. The number of guanidine groups is 1. The number of halogens is 1. The lowest BCUT2D eigenvalue weighted by atomic mass is 9.94. The maximum atomic E-state index is 11.7. The zero-order chi connectivity index (χ0) is 19.6. The van der Waals surface area contributed by atoms with Gasteiger partial charge in [0, 0.05) is 39.4 Å². The smallest absolute Gasteiger partial charge is 0.241 e. The molecule has 6 nitrogen and oxygen atoms in total. The summed E-state index contributed by atoms with van der Waals surface area (Å²) in [7, 11) is 5.71. The van der Waals surface area contributed by atoms with Gasteiger partial charge in [0.2, 0.25) is 5.91 Å². The Morgan fingerprint density at radius 3 is 2.29 bits per heavy atom. The van der Waals surface area contributed by atoms with E-state index in [1.165, 1.54) is 37.8 Å². The van der Waals surface area contributed by atoms with Gasteiger partial charge in [-0.15, -0.1) is 24.0 Å². The number of likely N-dealkylation sites (N-methyl/N-ethyl adjacent to an activating group) is 1. The Bertz CT molecular complexity index is 612. The fourth-order valence-corrected chi connectivity index (χ4v) is 3.35. The zero-order valence-corrected chi connectivity index (χ0v) is 20.0. The number of nitrogens with one attached hydrogen (secondary N) is 2. The number of hydrogen-bond donors (Lipinski definition) is 2. The first kappa shape index (κ1) is 24.5. The van der Waals surface area contributed by atoms with Crippen LogP contribution in [0.4, 0.5) is 5.69 Å². The number of aliphatic imine (C=N–C) groups is 1. The summed E-state index contributed by atoms with van der Waals surface area (Å²) in [5.74, 6) is 0.687. The number of rotatable bonds is 7. The summed E-state index contributed by atoms with van der Waals surface area (Å²) < 4.78 is 0. The molecule has 1 aliphatic carbocycles. The van der Waals surface area contributed by atoms with Gasteiger partial charge in [-0.3, -0.25) is 4.79 Å². The van der Waals surface area contributed by atoms with Crippen LogP contribution in [0.2, 0.25) is 0 Å². The van der Waals surface area contributed by atoms with E-state index in [4.69, 9.17) is 0 Å². The Labute approximate surface area is 187 Å². The molecule has 0 spiro atoms. The van der Waals surface area contributed by atoms with Crippen molar-refractivity contribution >= 4 is 41.5 Å². The molecule has 1 aromatic rings. The van der Waals surface area contributed by atoms with Crippen LogP contribution < -0.4 is 15.5 Å². The van der Waals surface area contributed by atoms with E-state index in [0.29, 0.717) is 18.5 Å². The number of amides is 1. The minimum absolute atomic E-state index is 0. The van der Waals surface area contributed by atoms with E-state index < -0.39 is 0 Å². The van der Waals surface area contributed by atoms with Crippen molar-refractivity contribution in [3.05, 3.63) is 29.8 Å². The van der Waals surface area contributed by atoms with Crippen molar-refractivity contribution in [3.63, 3.8) is 0 Å². The molecule has 1 aromatic carbocycles. The van der Waals surface area contributed by atoms with Crippen molar-refractivity contribution in [1.29, 1.82) is 0 Å². The predicted molar refractivity (Wildman–Crippen MR) is 129 cm³/mol. The summed E-state index contributed by atoms with van der Waals surface area (Å²) in [5.41, 5.74) is 2.43. The number of benzene rings is 1. The van der Waals surface area contributed by atoms with Gasteiger partial charge in [0.25, 0.3) is 0 Å². The Kier molecular flexibility index (Phi) is 11.3. The van der Waals surface area contributed by atoms with Crippen LogP contribution in [0.1, 0.15) is 44.6 Å². The molecule has 0 aliphatic heterocycles. The van der Waals surface area contributed by atoms with Crippen LogP contribution in [0.3, 0.4) is 0 Å². The molecule has 28 heavy (non-hydrogen) atoms. The molecule has 0 atom stereocenters. The first-order chi connectivity index (χ1) is 13.0. The average Bonchev–Trinajstić information content (AvgIpc) is 2.70. The number of carbonyl (C=O) groups excluding carboxylic acids is 1. The van der Waals surface area contributed by atoms with Crippen molar-refractivity contribution < 1.29 is 4.79 Å². The highest BCUT2D eigenvalue weighted by molar-refractivity contribution is 14.0. The second-order valence-corrected chi connectivity index (χ2v) is 7.41. The molecule has 0 radical (unpaired) electrons. The number of anilines is 1. The lowest BCUT2D eigenvalue weighted by Crippen LogP contribution is -2.42. The summed E-state index contributed by atoms with van der Waals surface area (Å²) in [6.45, 7) is 3.59. The quantitative estimate of drug-likeness (QED) is 0.342. The van der Waals surface area contributed by atoms with E-state index in [1.54, 1.807) is 19.0 Å². The maximum Gasteiger partial charge on any atom is 0.241 e. The lowest BCUT2D eigenvalue weighted by Gasteiger charge is -2.33. The van der Waals surface area contributed by atoms with Crippen LogP contribution in [0.25, 0.3) is 0 Å². The van der Waals surface area contributed by atoms with Gasteiger partial charge in [0.1, 0.15) is 0 Å². The van der Waals surface area contributed by atoms with Crippen molar-refractivity contribution in [2.45, 2.75) is 51.6 Å². The second-order valence-electron chi connectivity index (χ2n) is 7.41. The Morgan fingerprint density at radius 1 is 1.07 bits per heavy atom.